The van der Waals surface area contributed by atoms with E-state index in [2.05, 4.69) is 25.7 Å². The summed E-state index contributed by atoms with van der Waals surface area (Å²) >= 11 is 13.9. The number of anilines is 2. The van der Waals surface area contributed by atoms with E-state index in [0.717, 1.165) is 28.5 Å². The number of thiazole rings is 1. The fourth-order valence-corrected chi connectivity index (χ4v) is 4.20. The van der Waals surface area contributed by atoms with Crippen molar-refractivity contribution < 1.29 is 5.11 Å². The Morgan fingerprint density at radius 3 is 2.63 bits per heavy atom. The second-order valence-corrected chi connectivity index (χ2v) is 8.57. The van der Waals surface area contributed by atoms with Crippen LogP contribution in [-0.4, -0.2) is 10.1 Å². The van der Waals surface area contributed by atoms with Crippen LogP contribution < -0.4 is 5.32 Å². The molecule has 0 radical (unpaired) electrons. The Balaban J connectivity index is 1.97. The highest BCUT2D eigenvalue weighted by atomic mass is 35.5. The lowest BCUT2D eigenvalue weighted by Crippen LogP contribution is -1.94. The quantitative estimate of drug-likeness (QED) is 0.405. The van der Waals surface area contributed by atoms with E-state index in [1.807, 2.05) is 30.3 Å². The summed E-state index contributed by atoms with van der Waals surface area (Å²) in [6.45, 7) is 7.94. The first-order valence-corrected chi connectivity index (χ1v) is 10.1. The summed E-state index contributed by atoms with van der Waals surface area (Å²) in [6.07, 6.45) is 0.919. The Morgan fingerprint density at radius 2 is 1.96 bits per heavy atom. The summed E-state index contributed by atoms with van der Waals surface area (Å²) in [5, 5.41) is 14.8. The fourth-order valence-electron chi connectivity index (χ4n) is 2.68. The van der Waals surface area contributed by atoms with Gasteiger partial charge in [-0.1, -0.05) is 61.8 Å². The number of nitrogens with zero attached hydrogens (tertiary/aromatic N) is 1. The molecule has 0 bridgehead atoms. The summed E-state index contributed by atoms with van der Waals surface area (Å²) in [6, 6.07) is 13.0. The number of aliphatic hydroxyl groups is 1. The first kappa shape index (κ1) is 19.7. The van der Waals surface area contributed by atoms with Crippen LogP contribution >= 0.6 is 34.5 Å². The lowest BCUT2D eigenvalue weighted by Gasteiger charge is -2.06. The van der Waals surface area contributed by atoms with Gasteiger partial charge in [-0.05, 0) is 36.6 Å². The minimum Gasteiger partial charge on any atom is -0.508 e. The van der Waals surface area contributed by atoms with Crippen LogP contribution in [-0.2, 0) is 6.42 Å². The monoisotopic (exact) mass is 418 g/mol. The molecule has 2 aromatic carbocycles. The van der Waals surface area contributed by atoms with Crippen LogP contribution in [0.5, 0.6) is 0 Å². The second kappa shape index (κ2) is 8.34. The minimum absolute atomic E-state index is 0.0368. The van der Waals surface area contributed by atoms with Crippen LogP contribution in [0.2, 0.25) is 10.0 Å². The van der Waals surface area contributed by atoms with E-state index in [1.165, 1.54) is 4.88 Å². The van der Waals surface area contributed by atoms with Crippen molar-refractivity contribution in [1.29, 1.82) is 0 Å². The van der Waals surface area contributed by atoms with E-state index in [4.69, 9.17) is 28.2 Å². The van der Waals surface area contributed by atoms with E-state index in [-0.39, 0.29) is 5.76 Å². The number of hydrogen-bond acceptors (Lipinski definition) is 4. The number of aromatic nitrogens is 1. The molecular formula is C21H20Cl2N2OS. The molecule has 0 spiro atoms. The topological polar surface area (TPSA) is 45.1 Å². The third-order valence-corrected chi connectivity index (χ3v) is 5.66. The molecule has 6 heteroatoms. The Kier molecular flexibility index (Phi) is 6.10. The molecule has 0 amide bonds. The maximum atomic E-state index is 9.60. The summed E-state index contributed by atoms with van der Waals surface area (Å²) in [5.74, 6) is 0.538. The highest BCUT2D eigenvalue weighted by molar-refractivity contribution is 7.16. The lowest BCUT2D eigenvalue weighted by atomic mass is 10.0. The standard InChI is InChI=1S/C21H20Cl2N2OS/c1-12(2)9-19-20(15-7-8-17(22)18(23)11-15)25-21(27-19)24-16-6-4-5-14(10-16)13(3)26/h4-8,10-12,26H,3,9H2,1-2H3,(H,24,25). The third-order valence-electron chi connectivity index (χ3n) is 3.93. The molecule has 140 valence electrons. The number of benzene rings is 2. The summed E-state index contributed by atoms with van der Waals surface area (Å²) in [4.78, 5) is 5.98. The number of halogens is 2. The highest BCUT2D eigenvalue weighted by Crippen LogP contribution is 2.36. The van der Waals surface area contributed by atoms with Crippen LogP contribution in [0.4, 0.5) is 10.8 Å². The third kappa shape index (κ3) is 4.83. The van der Waals surface area contributed by atoms with Crippen molar-refractivity contribution in [2.45, 2.75) is 20.3 Å². The van der Waals surface area contributed by atoms with Gasteiger partial charge in [0.15, 0.2) is 5.13 Å². The molecule has 2 N–H and O–H groups in total. The largest absolute Gasteiger partial charge is 0.508 e. The second-order valence-electron chi connectivity index (χ2n) is 6.67. The van der Waals surface area contributed by atoms with E-state index in [9.17, 15) is 5.11 Å². The van der Waals surface area contributed by atoms with Gasteiger partial charge in [0, 0.05) is 21.7 Å². The molecule has 0 aliphatic carbocycles. The smallest absolute Gasteiger partial charge is 0.187 e. The first-order valence-electron chi connectivity index (χ1n) is 8.54. The normalized spacial score (nSPS) is 11.0. The van der Waals surface area contributed by atoms with E-state index in [0.29, 0.717) is 21.5 Å². The molecule has 0 aliphatic rings. The maximum Gasteiger partial charge on any atom is 0.187 e. The van der Waals surface area contributed by atoms with E-state index < -0.39 is 0 Å². The van der Waals surface area contributed by atoms with Crippen molar-refractivity contribution >= 4 is 51.1 Å². The average Bonchev–Trinajstić information content (AvgIpc) is 2.99. The molecular weight excluding hydrogens is 399 g/mol. The van der Waals surface area contributed by atoms with Gasteiger partial charge in [-0.25, -0.2) is 4.98 Å². The molecule has 0 atom stereocenters. The van der Waals surface area contributed by atoms with Crippen molar-refractivity contribution in [1.82, 2.24) is 4.98 Å². The summed E-state index contributed by atoms with van der Waals surface area (Å²) in [5.41, 5.74) is 3.37. The molecule has 3 aromatic rings. The van der Waals surface area contributed by atoms with E-state index >= 15 is 0 Å². The van der Waals surface area contributed by atoms with Crippen molar-refractivity contribution in [3.8, 4) is 11.3 Å². The molecule has 0 saturated carbocycles. The maximum absolute atomic E-state index is 9.60. The van der Waals surface area contributed by atoms with Gasteiger partial charge in [0.05, 0.1) is 15.7 Å². The molecule has 0 saturated heterocycles. The van der Waals surface area contributed by atoms with Gasteiger partial charge in [0.2, 0.25) is 0 Å². The minimum atomic E-state index is 0.0368. The molecule has 1 aromatic heterocycles. The van der Waals surface area contributed by atoms with Gasteiger partial charge >= 0.3 is 0 Å². The molecule has 1 heterocycles. The zero-order valence-corrected chi connectivity index (χ0v) is 17.4. The van der Waals surface area contributed by atoms with Gasteiger partial charge in [-0.2, -0.15) is 0 Å². The zero-order chi connectivity index (χ0) is 19.6. The van der Waals surface area contributed by atoms with Gasteiger partial charge in [-0.3, -0.25) is 0 Å². The van der Waals surface area contributed by atoms with Crippen LogP contribution in [0.1, 0.15) is 24.3 Å². The van der Waals surface area contributed by atoms with Gasteiger partial charge in [0.1, 0.15) is 5.76 Å². The average molecular weight is 419 g/mol. The Morgan fingerprint density at radius 1 is 1.19 bits per heavy atom. The lowest BCUT2D eigenvalue weighted by molar-refractivity contribution is 0.514. The molecule has 0 aliphatic heterocycles. The number of hydrogen-bond donors (Lipinski definition) is 2. The number of aliphatic hydroxyl groups excluding tert-OH is 1. The Labute approximate surface area is 173 Å². The fraction of sp³-hybridized carbons (Fsp3) is 0.190. The van der Waals surface area contributed by atoms with Gasteiger partial charge < -0.3 is 10.4 Å². The van der Waals surface area contributed by atoms with Crippen LogP contribution in [0.25, 0.3) is 17.0 Å². The van der Waals surface area contributed by atoms with Crippen LogP contribution in [0.3, 0.4) is 0 Å². The van der Waals surface area contributed by atoms with Crippen molar-refractivity contribution in [2.24, 2.45) is 5.92 Å². The van der Waals surface area contributed by atoms with Gasteiger partial charge in [-0.15, -0.1) is 11.3 Å². The van der Waals surface area contributed by atoms with Crippen molar-refractivity contribution in [3.05, 3.63) is 69.5 Å². The Hall–Kier alpha value is -2.01. The Bertz CT molecular complexity index is 982. The highest BCUT2D eigenvalue weighted by Gasteiger charge is 2.16. The van der Waals surface area contributed by atoms with Crippen molar-refractivity contribution in [3.63, 3.8) is 0 Å². The summed E-state index contributed by atoms with van der Waals surface area (Å²) in [7, 11) is 0. The van der Waals surface area contributed by atoms with E-state index in [1.54, 1.807) is 23.5 Å². The molecule has 27 heavy (non-hydrogen) atoms. The van der Waals surface area contributed by atoms with Crippen molar-refractivity contribution in [2.75, 3.05) is 5.32 Å². The van der Waals surface area contributed by atoms with Crippen LogP contribution in [0, 0.1) is 5.92 Å². The summed E-state index contributed by atoms with van der Waals surface area (Å²) < 4.78 is 0. The van der Waals surface area contributed by atoms with Gasteiger partial charge in [0.25, 0.3) is 0 Å². The number of nitrogens with one attached hydrogen (secondary N) is 1. The first-order chi connectivity index (χ1) is 12.8. The zero-order valence-electron chi connectivity index (χ0n) is 15.1. The molecule has 3 rings (SSSR count). The molecule has 3 nitrogen and oxygen atoms in total. The predicted molar refractivity (Wildman–Crippen MR) is 117 cm³/mol. The SMILES string of the molecule is C=C(O)c1cccc(Nc2nc(-c3ccc(Cl)c(Cl)c3)c(CC(C)C)s2)c1. The van der Waals surface area contributed by atoms with Crippen LogP contribution in [0.15, 0.2) is 49.0 Å². The predicted octanol–water partition coefficient (Wildman–Crippen LogP) is 7.59. The molecule has 0 fully saturated rings. The molecule has 0 unspecified atom stereocenters. The number of rotatable bonds is 6.